The number of hydrogen-bond acceptors (Lipinski definition) is 4. The molecule has 4 heteroatoms. The van der Waals surface area contributed by atoms with E-state index in [0.29, 0.717) is 36.9 Å². The second kappa shape index (κ2) is 9.25. The van der Waals surface area contributed by atoms with Gasteiger partial charge >= 0.3 is 5.63 Å². The van der Waals surface area contributed by atoms with E-state index in [1.54, 1.807) is 12.1 Å². The summed E-state index contributed by atoms with van der Waals surface area (Å²) in [5.41, 5.74) is 2.72. The van der Waals surface area contributed by atoms with E-state index in [-0.39, 0.29) is 5.63 Å². The van der Waals surface area contributed by atoms with Gasteiger partial charge in [0.05, 0.1) is 6.54 Å². The van der Waals surface area contributed by atoms with Gasteiger partial charge in [-0.2, -0.15) is 0 Å². The summed E-state index contributed by atoms with van der Waals surface area (Å²) < 4.78 is 11.0. The van der Waals surface area contributed by atoms with Crippen LogP contribution in [-0.2, 0) is 6.54 Å². The predicted molar refractivity (Wildman–Crippen MR) is 113 cm³/mol. The largest absolute Gasteiger partial charge is 0.492 e. The third-order valence-corrected chi connectivity index (χ3v) is 4.64. The molecule has 0 unspecified atom stereocenters. The van der Waals surface area contributed by atoms with Gasteiger partial charge in [0, 0.05) is 30.6 Å². The number of benzene rings is 2. The molecule has 0 atom stereocenters. The van der Waals surface area contributed by atoms with Gasteiger partial charge in [0.2, 0.25) is 0 Å². The zero-order valence-corrected chi connectivity index (χ0v) is 16.4. The van der Waals surface area contributed by atoms with E-state index in [2.05, 4.69) is 48.9 Å². The van der Waals surface area contributed by atoms with Crippen molar-refractivity contribution in [2.45, 2.75) is 26.3 Å². The summed E-state index contributed by atoms with van der Waals surface area (Å²) >= 11 is 0. The molecule has 0 bridgehead atoms. The van der Waals surface area contributed by atoms with E-state index >= 15 is 0 Å². The first-order chi connectivity index (χ1) is 13.5. The first-order valence-corrected chi connectivity index (χ1v) is 9.46. The van der Waals surface area contributed by atoms with Crippen LogP contribution in [0, 0.1) is 12.3 Å². The summed E-state index contributed by atoms with van der Waals surface area (Å²) in [6, 6.07) is 17.3. The molecule has 28 heavy (non-hydrogen) atoms. The molecule has 1 heterocycles. The number of ether oxygens (including phenoxy) is 1. The highest BCUT2D eigenvalue weighted by Gasteiger charge is 2.07. The molecule has 0 amide bonds. The fourth-order valence-corrected chi connectivity index (χ4v) is 3.03. The minimum atomic E-state index is -0.367. The fraction of sp³-hybridized carbons (Fsp3) is 0.292. The Hall–Kier alpha value is -3.03. The molecule has 0 radical (unpaired) electrons. The van der Waals surface area contributed by atoms with Gasteiger partial charge < -0.3 is 9.15 Å². The molecule has 144 valence electrons. The molecule has 0 N–H and O–H groups in total. The number of fused-ring (bicyclic) bond motifs is 1. The Kier molecular flexibility index (Phi) is 6.52. The molecule has 0 aliphatic carbocycles. The monoisotopic (exact) mass is 375 g/mol. The molecule has 0 saturated heterocycles. The summed E-state index contributed by atoms with van der Waals surface area (Å²) in [7, 11) is 0. The van der Waals surface area contributed by atoms with Gasteiger partial charge in [-0.3, -0.25) is 4.90 Å². The number of rotatable bonds is 8. The summed E-state index contributed by atoms with van der Waals surface area (Å²) in [5, 5.41) is 0.866. The van der Waals surface area contributed by atoms with Gasteiger partial charge in [-0.25, -0.2) is 4.79 Å². The Labute approximate surface area is 165 Å². The Morgan fingerprint density at radius 1 is 1.11 bits per heavy atom. The molecular weight excluding hydrogens is 350 g/mol. The topological polar surface area (TPSA) is 42.7 Å². The summed E-state index contributed by atoms with van der Waals surface area (Å²) in [6.45, 7) is 6.91. The van der Waals surface area contributed by atoms with E-state index in [9.17, 15) is 4.79 Å². The Bertz CT molecular complexity index is 1010. The molecule has 3 rings (SSSR count). The smallest absolute Gasteiger partial charge is 0.336 e. The first kappa shape index (κ1) is 19.7. The highest BCUT2D eigenvalue weighted by Crippen LogP contribution is 2.19. The number of terminal acetylenes is 1. The first-order valence-electron chi connectivity index (χ1n) is 9.46. The minimum absolute atomic E-state index is 0.367. The quantitative estimate of drug-likeness (QED) is 0.431. The highest BCUT2D eigenvalue weighted by molar-refractivity contribution is 5.77. The van der Waals surface area contributed by atoms with E-state index in [4.69, 9.17) is 15.6 Å². The van der Waals surface area contributed by atoms with Gasteiger partial charge in [-0.05, 0) is 35.2 Å². The van der Waals surface area contributed by atoms with Crippen LogP contribution >= 0.6 is 0 Å². The maximum atomic E-state index is 11.4. The van der Waals surface area contributed by atoms with Crippen molar-refractivity contribution in [1.82, 2.24) is 4.90 Å². The van der Waals surface area contributed by atoms with Crippen molar-refractivity contribution in [1.29, 1.82) is 0 Å². The normalized spacial score (nSPS) is 11.1. The molecular formula is C24H25NO3. The number of hydrogen-bond donors (Lipinski definition) is 0. The van der Waals surface area contributed by atoms with Crippen LogP contribution in [0.15, 0.2) is 63.8 Å². The van der Waals surface area contributed by atoms with Crippen LogP contribution in [0.25, 0.3) is 11.0 Å². The molecule has 1 aromatic heterocycles. The van der Waals surface area contributed by atoms with Crippen molar-refractivity contribution in [3.05, 3.63) is 76.1 Å². The van der Waals surface area contributed by atoms with E-state index in [0.717, 1.165) is 11.9 Å². The van der Waals surface area contributed by atoms with Crippen molar-refractivity contribution in [3.63, 3.8) is 0 Å². The summed E-state index contributed by atoms with van der Waals surface area (Å²) in [5.74, 6) is 3.91. The average molecular weight is 375 g/mol. The van der Waals surface area contributed by atoms with Crippen LogP contribution in [0.3, 0.4) is 0 Å². The molecule has 4 nitrogen and oxygen atoms in total. The lowest BCUT2D eigenvalue weighted by Gasteiger charge is -2.20. The van der Waals surface area contributed by atoms with Crippen molar-refractivity contribution in [2.24, 2.45) is 0 Å². The number of nitrogens with zero attached hydrogens (tertiary/aromatic N) is 1. The van der Waals surface area contributed by atoms with E-state index < -0.39 is 0 Å². The predicted octanol–water partition coefficient (Wildman–Crippen LogP) is 4.43. The minimum Gasteiger partial charge on any atom is -0.492 e. The zero-order valence-electron chi connectivity index (χ0n) is 16.4. The molecule has 2 aromatic carbocycles. The second-order valence-electron chi connectivity index (χ2n) is 7.11. The van der Waals surface area contributed by atoms with Crippen LogP contribution in [0.5, 0.6) is 5.75 Å². The van der Waals surface area contributed by atoms with Crippen molar-refractivity contribution in [2.75, 3.05) is 19.7 Å². The van der Waals surface area contributed by atoms with Crippen LogP contribution in [0.1, 0.15) is 30.9 Å². The van der Waals surface area contributed by atoms with Gasteiger partial charge in [0.15, 0.2) is 0 Å². The van der Waals surface area contributed by atoms with Crippen molar-refractivity contribution >= 4 is 11.0 Å². The van der Waals surface area contributed by atoms with Crippen LogP contribution < -0.4 is 10.4 Å². The zero-order chi connectivity index (χ0) is 19.9. The van der Waals surface area contributed by atoms with Crippen LogP contribution in [0.4, 0.5) is 0 Å². The third-order valence-electron chi connectivity index (χ3n) is 4.64. The van der Waals surface area contributed by atoms with Crippen LogP contribution in [0.2, 0.25) is 0 Å². The lowest BCUT2D eigenvalue weighted by Crippen LogP contribution is -2.28. The molecule has 0 aliphatic rings. The van der Waals surface area contributed by atoms with Crippen molar-refractivity contribution in [3.8, 4) is 18.1 Å². The summed E-state index contributed by atoms with van der Waals surface area (Å²) in [4.78, 5) is 13.5. The van der Waals surface area contributed by atoms with Crippen molar-refractivity contribution < 1.29 is 9.15 Å². The molecule has 3 aromatic rings. The van der Waals surface area contributed by atoms with Gasteiger partial charge in [-0.15, -0.1) is 6.42 Å². The Balaban J connectivity index is 1.59. The molecule has 0 spiro atoms. The SMILES string of the molecule is C#CCN(CCOc1ccc2ccc(=O)oc2c1)Cc1ccc(C(C)C)cc1. The second-order valence-corrected chi connectivity index (χ2v) is 7.11. The maximum Gasteiger partial charge on any atom is 0.336 e. The molecule has 0 saturated carbocycles. The van der Waals surface area contributed by atoms with E-state index in [1.165, 1.54) is 17.2 Å². The van der Waals surface area contributed by atoms with Gasteiger partial charge in [0.25, 0.3) is 0 Å². The maximum absolute atomic E-state index is 11.4. The highest BCUT2D eigenvalue weighted by atomic mass is 16.5. The van der Waals surface area contributed by atoms with Gasteiger partial charge in [-0.1, -0.05) is 44.0 Å². The third kappa shape index (κ3) is 5.25. The van der Waals surface area contributed by atoms with Gasteiger partial charge in [0.1, 0.15) is 17.9 Å². The lowest BCUT2D eigenvalue weighted by molar-refractivity contribution is 0.219. The van der Waals surface area contributed by atoms with Crippen LogP contribution in [-0.4, -0.2) is 24.6 Å². The standard InChI is InChI=1S/C24H25NO3/c1-4-13-25(17-19-5-7-20(8-6-19)18(2)3)14-15-27-22-11-9-21-10-12-24(26)28-23(21)16-22/h1,5-12,16,18H,13-15,17H2,2-3H3. The van der Waals surface area contributed by atoms with E-state index in [1.807, 2.05) is 12.1 Å². The summed E-state index contributed by atoms with van der Waals surface area (Å²) in [6.07, 6.45) is 5.53. The molecule has 0 fully saturated rings. The Morgan fingerprint density at radius 2 is 1.86 bits per heavy atom. The fourth-order valence-electron chi connectivity index (χ4n) is 3.03. The lowest BCUT2D eigenvalue weighted by atomic mass is 10.0. The average Bonchev–Trinajstić information content (AvgIpc) is 2.68. The molecule has 0 aliphatic heterocycles. The Morgan fingerprint density at radius 3 is 2.57 bits per heavy atom.